The zero-order valence-electron chi connectivity index (χ0n) is 16.5. The lowest BCUT2D eigenvalue weighted by molar-refractivity contribution is 0.598. The van der Waals surface area contributed by atoms with Crippen LogP contribution in [-0.2, 0) is 23.6 Å². The zero-order chi connectivity index (χ0) is 21.3. The van der Waals surface area contributed by atoms with Crippen molar-refractivity contribution >= 4 is 38.5 Å². The SMILES string of the molecule is Cc1nc2cc(CNc3ccnc(Nc4cccc(S(N)(=O)=O)c4)n3)ccc2n1C. The molecule has 0 bridgehead atoms. The van der Waals surface area contributed by atoms with Crippen LogP contribution in [0.2, 0.25) is 0 Å². The molecule has 0 aliphatic carbocycles. The molecule has 4 N–H and O–H groups in total. The Labute approximate surface area is 174 Å². The van der Waals surface area contributed by atoms with Gasteiger partial charge in [-0.15, -0.1) is 0 Å². The molecule has 2 heterocycles. The monoisotopic (exact) mass is 423 g/mol. The Morgan fingerprint density at radius 2 is 1.93 bits per heavy atom. The van der Waals surface area contributed by atoms with Crippen molar-refractivity contribution in [2.24, 2.45) is 12.2 Å². The largest absolute Gasteiger partial charge is 0.366 e. The van der Waals surface area contributed by atoms with E-state index in [2.05, 4.69) is 48.4 Å². The number of hydrogen-bond acceptors (Lipinski definition) is 7. The summed E-state index contributed by atoms with van der Waals surface area (Å²) in [6, 6.07) is 14.1. The maximum atomic E-state index is 11.5. The molecule has 4 rings (SSSR count). The number of anilines is 3. The van der Waals surface area contributed by atoms with E-state index in [-0.39, 0.29) is 4.90 Å². The second kappa shape index (κ2) is 7.73. The molecule has 0 aliphatic heterocycles. The summed E-state index contributed by atoms with van der Waals surface area (Å²) in [5.74, 6) is 1.93. The van der Waals surface area contributed by atoms with Crippen LogP contribution in [0.15, 0.2) is 59.6 Å². The van der Waals surface area contributed by atoms with Gasteiger partial charge in [0.2, 0.25) is 16.0 Å². The summed E-state index contributed by atoms with van der Waals surface area (Å²) in [5.41, 5.74) is 3.64. The third-order valence-electron chi connectivity index (χ3n) is 4.72. The number of nitrogens with two attached hydrogens (primary N) is 1. The van der Waals surface area contributed by atoms with Gasteiger partial charge in [-0.2, -0.15) is 4.98 Å². The lowest BCUT2D eigenvalue weighted by atomic mass is 10.2. The van der Waals surface area contributed by atoms with Crippen LogP contribution in [0.1, 0.15) is 11.4 Å². The summed E-state index contributed by atoms with van der Waals surface area (Å²) in [7, 11) is -1.79. The number of fused-ring (bicyclic) bond motifs is 1. The van der Waals surface area contributed by atoms with E-state index in [9.17, 15) is 8.42 Å². The molecule has 30 heavy (non-hydrogen) atoms. The van der Waals surface area contributed by atoms with Gasteiger partial charge in [0.25, 0.3) is 0 Å². The molecule has 0 spiro atoms. The standard InChI is InChI=1S/C20H21N7O2S/c1-13-24-17-10-14(6-7-18(17)27(13)2)12-23-19-8-9-22-20(26-19)25-15-4-3-5-16(11-15)30(21,28)29/h3-11H,12H2,1-2H3,(H2,21,28,29)(H2,22,23,25,26). The number of sulfonamides is 1. The van der Waals surface area contributed by atoms with Gasteiger partial charge < -0.3 is 15.2 Å². The Kier molecular flexibility index (Phi) is 5.10. The Hall–Kier alpha value is -3.50. The third kappa shape index (κ3) is 4.24. The molecule has 0 amide bonds. The van der Waals surface area contributed by atoms with Crippen LogP contribution in [0.25, 0.3) is 11.0 Å². The van der Waals surface area contributed by atoms with Gasteiger partial charge in [-0.05, 0) is 48.9 Å². The van der Waals surface area contributed by atoms with Crippen molar-refractivity contribution in [1.29, 1.82) is 0 Å². The molecule has 0 unspecified atom stereocenters. The average molecular weight is 424 g/mol. The minimum absolute atomic E-state index is 0.0157. The number of aryl methyl sites for hydroxylation is 2. The van der Waals surface area contributed by atoms with E-state index in [0.29, 0.717) is 24.0 Å². The van der Waals surface area contributed by atoms with Gasteiger partial charge in [0.05, 0.1) is 15.9 Å². The molecule has 154 valence electrons. The highest BCUT2D eigenvalue weighted by atomic mass is 32.2. The van der Waals surface area contributed by atoms with Crippen LogP contribution in [0.5, 0.6) is 0 Å². The zero-order valence-corrected chi connectivity index (χ0v) is 17.3. The molecule has 2 aromatic heterocycles. The first-order chi connectivity index (χ1) is 14.3. The lowest BCUT2D eigenvalue weighted by Gasteiger charge is -2.09. The second-order valence-corrected chi connectivity index (χ2v) is 8.42. The Morgan fingerprint density at radius 3 is 2.73 bits per heavy atom. The Morgan fingerprint density at radius 1 is 1.10 bits per heavy atom. The van der Waals surface area contributed by atoms with E-state index in [1.54, 1.807) is 24.4 Å². The fourth-order valence-electron chi connectivity index (χ4n) is 3.07. The van der Waals surface area contributed by atoms with Crippen molar-refractivity contribution in [2.45, 2.75) is 18.4 Å². The minimum atomic E-state index is -3.78. The van der Waals surface area contributed by atoms with E-state index in [0.717, 1.165) is 22.4 Å². The topological polar surface area (TPSA) is 128 Å². The molecule has 0 radical (unpaired) electrons. The molecule has 10 heteroatoms. The van der Waals surface area contributed by atoms with Crippen LogP contribution in [0.3, 0.4) is 0 Å². The molecular weight excluding hydrogens is 402 g/mol. The number of nitrogens with zero attached hydrogens (tertiary/aromatic N) is 4. The maximum absolute atomic E-state index is 11.5. The summed E-state index contributed by atoms with van der Waals surface area (Å²) < 4.78 is 25.1. The molecular formula is C20H21N7O2S. The van der Waals surface area contributed by atoms with Gasteiger partial charge in [0, 0.05) is 25.5 Å². The van der Waals surface area contributed by atoms with Crippen LogP contribution in [-0.4, -0.2) is 27.9 Å². The molecule has 0 saturated carbocycles. The summed E-state index contributed by atoms with van der Waals surface area (Å²) in [5, 5.41) is 11.4. The predicted octanol–water partition coefficient (Wildman–Crippen LogP) is 2.67. The van der Waals surface area contributed by atoms with E-state index in [1.807, 2.05) is 14.0 Å². The van der Waals surface area contributed by atoms with Crippen molar-refractivity contribution < 1.29 is 8.42 Å². The fraction of sp³-hybridized carbons (Fsp3) is 0.150. The van der Waals surface area contributed by atoms with Gasteiger partial charge in [-0.3, -0.25) is 0 Å². The van der Waals surface area contributed by atoms with Crippen molar-refractivity contribution in [2.75, 3.05) is 10.6 Å². The Balaban J connectivity index is 1.47. The summed E-state index contributed by atoms with van der Waals surface area (Å²) >= 11 is 0. The van der Waals surface area contributed by atoms with Gasteiger partial charge in [0.15, 0.2) is 0 Å². The quantitative estimate of drug-likeness (QED) is 0.435. The highest BCUT2D eigenvalue weighted by Crippen LogP contribution is 2.19. The van der Waals surface area contributed by atoms with Crippen LogP contribution < -0.4 is 15.8 Å². The summed E-state index contributed by atoms with van der Waals surface area (Å²) in [6.07, 6.45) is 1.62. The van der Waals surface area contributed by atoms with Crippen molar-refractivity contribution in [3.8, 4) is 0 Å². The highest BCUT2D eigenvalue weighted by molar-refractivity contribution is 7.89. The van der Waals surface area contributed by atoms with Gasteiger partial charge in [-0.1, -0.05) is 12.1 Å². The molecule has 2 aromatic carbocycles. The number of primary sulfonamides is 1. The third-order valence-corrected chi connectivity index (χ3v) is 5.63. The predicted molar refractivity (Wildman–Crippen MR) is 116 cm³/mol. The Bertz CT molecular complexity index is 1330. The average Bonchev–Trinajstić information content (AvgIpc) is 2.99. The molecule has 0 aliphatic rings. The first-order valence-corrected chi connectivity index (χ1v) is 10.7. The first kappa shape index (κ1) is 19.8. The number of hydrogen-bond donors (Lipinski definition) is 3. The van der Waals surface area contributed by atoms with Crippen molar-refractivity contribution in [1.82, 2.24) is 19.5 Å². The van der Waals surface area contributed by atoms with Gasteiger partial charge in [0.1, 0.15) is 11.6 Å². The van der Waals surface area contributed by atoms with Crippen LogP contribution in [0, 0.1) is 6.92 Å². The number of aromatic nitrogens is 4. The normalized spacial score (nSPS) is 11.6. The van der Waals surface area contributed by atoms with Crippen molar-refractivity contribution in [3.05, 3.63) is 66.1 Å². The van der Waals surface area contributed by atoms with Crippen LogP contribution in [0.4, 0.5) is 17.5 Å². The second-order valence-electron chi connectivity index (χ2n) is 6.86. The maximum Gasteiger partial charge on any atom is 0.238 e. The molecule has 9 nitrogen and oxygen atoms in total. The molecule has 4 aromatic rings. The summed E-state index contributed by atoms with van der Waals surface area (Å²) in [6.45, 7) is 2.55. The molecule has 0 saturated heterocycles. The fourth-order valence-corrected chi connectivity index (χ4v) is 3.63. The van der Waals surface area contributed by atoms with Gasteiger partial charge >= 0.3 is 0 Å². The van der Waals surface area contributed by atoms with E-state index >= 15 is 0 Å². The van der Waals surface area contributed by atoms with Crippen molar-refractivity contribution in [3.63, 3.8) is 0 Å². The number of imidazole rings is 1. The summed E-state index contributed by atoms with van der Waals surface area (Å²) in [4.78, 5) is 13.2. The molecule has 0 fully saturated rings. The number of benzene rings is 2. The van der Waals surface area contributed by atoms with E-state index in [1.165, 1.54) is 12.1 Å². The van der Waals surface area contributed by atoms with E-state index in [4.69, 9.17) is 5.14 Å². The number of rotatable bonds is 6. The minimum Gasteiger partial charge on any atom is -0.366 e. The lowest BCUT2D eigenvalue weighted by Crippen LogP contribution is -2.12. The molecule has 0 atom stereocenters. The number of nitrogens with one attached hydrogen (secondary N) is 2. The van der Waals surface area contributed by atoms with Crippen LogP contribution >= 0.6 is 0 Å². The highest BCUT2D eigenvalue weighted by Gasteiger charge is 2.09. The first-order valence-electron chi connectivity index (χ1n) is 9.18. The van der Waals surface area contributed by atoms with E-state index < -0.39 is 10.0 Å². The van der Waals surface area contributed by atoms with Gasteiger partial charge in [-0.25, -0.2) is 23.5 Å². The smallest absolute Gasteiger partial charge is 0.238 e.